The number of aromatic nitrogens is 1. The average molecular weight is 350 g/mol. The molecule has 0 fully saturated rings. The molecule has 1 atom stereocenters. The number of hydrogen-bond acceptors (Lipinski definition) is 4. The molecule has 128 valence electrons. The lowest BCUT2D eigenvalue weighted by Crippen LogP contribution is -2.47. The molecule has 0 radical (unpaired) electrons. The summed E-state index contributed by atoms with van der Waals surface area (Å²) in [5.74, 6) is -0.631. The van der Waals surface area contributed by atoms with Crippen LogP contribution in [-0.4, -0.2) is 23.0 Å². The molecular weight excluding hydrogens is 331 g/mol. The second-order valence-electron chi connectivity index (χ2n) is 5.12. The fourth-order valence-electron chi connectivity index (χ4n) is 2.03. The molecule has 2 rings (SSSR count). The first-order valence-corrected chi connectivity index (χ1v) is 8.45. The van der Waals surface area contributed by atoms with Crippen LogP contribution in [0.2, 0.25) is 0 Å². The van der Waals surface area contributed by atoms with Gasteiger partial charge >= 0.3 is 6.03 Å². The molecule has 24 heavy (non-hydrogen) atoms. The molecule has 0 spiro atoms. The van der Waals surface area contributed by atoms with Crippen LogP contribution in [0.5, 0.6) is 0 Å². The number of rotatable bonds is 7. The molecule has 0 aliphatic heterocycles. The molecule has 1 aromatic heterocycles. The van der Waals surface area contributed by atoms with E-state index in [2.05, 4.69) is 20.9 Å². The Bertz CT molecular complexity index is 661. The Morgan fingerprint density at radius 2 is 2.04 bits per heavy atom. The first-order chi connectivity index (χ1) is 11.6. The molecule has 0 saturated heterocycles. The topological polar surface area (TPSA) is 83.1 Å². The number of carbonyl (C=O) groups is 2. The Balaban J connectivity index is 1.85. The third kappa shape index (κ3) is 5.62. The number of benzene rings is 1. The Labute approximate surface area is 143 Å². The van der Waals surface area contributed by atoms with Gasteiger partial charge in [-0.25, -0.2) is 14.2 Å². The van der Waals surface area contributed by atoms with Gasteiger partial charge < -0.3 is 16.0 Å². The number of carbonyl (C=O) groups excluding carboxylic acids is 2. The largest absolute Gasteiger partial charge is 0.334 e. The minimum absolute atomic E-state index is 0.249. The van der Waals surface area contributed by atoms with Crippen molar-refractivity contribution in [1.82, 2.24) is 15.6 Å². The number of nitrogens with one attached hydrogen (secondary N) is 3. The summed E-state index contributed by atoms with van der Waals surface area (Å²) in [7, 11) is 0. The lowest BCUT2D eigenvalue weighted by atomic mass is 10.1. The van der Waals surface area contributed by atoms with Gasteiger partial charge in [0, 0.05) is 18.1 Å². The molecule has 3 amide bonds. The van der Waals surface area contributed by atoms with E-state index < -0.39 is 12.1 Å². The normalized spacial score (nSPS) is 11.6. The van der Waals surface area contributed by atoms with Gasteiger partial charge in [0.15, 0.2) is 5.13 Å². The molecule has 2 aromatic rings. The van der Waals surface area contributed by atoms with Gasteiger partial charge in [-0.3, -0.25) is 4.79 Å². The second kappa shape index (κ2) is 8.97. The maximum Gasteiger partial charge on any atom is 0.315 e. The highest BCUT2D eigenvalue weighted by atomic mass is 32.1. The predicted molar refractivity (Wildman–Crippen MR) is 91.2 cm³/mol. The van der Waals surface area contributed by atoms with Crippen LogP contribution in [0, 0.1) is 5.82 Å². The quantitative estimate of drug-likeness (QED) is 0.718. The van der Waals surface area contributed by atoms with Crippen molar-refractivity contribution >= 4 is 28.4 Å². The summed E-state index contributed by atoms with van der Waals surface area (Å²) in [6.45, 7) is 2.18. The van der Waals surface area contributed by atoms with Gasteiger partial charge in [0.2, 0.25) is 5.91 Å². The predicted octanol–water partition coefficient (Wildman–Crippen LogP) is 2.89. The lowest BCUT2D eigenvalue weighted by molar-refractivity contribution is -0.118. The number of nitrogens with zero attached hydrogens (tertiary/aromatic N) is 1. The Morgan fingerprint density at radius 3 is 2.67 bits per heavy atom. The summed E-state index contributed by atoms with van der Waals surface area (Å²) < 4.78 is 12.8. The fraction of sp³-hybridized carbons (Fsp3) is 0.312. The van der Waals surface area contributed by atoms with Crippen LogP contribution in [0.4, 0.5) is 14.3 Å². The van der Waals surface area contributed by atoms with Crippen LogP contribution in [-0.2, 0) is 11.3 Å². The van der Waals surface area contributed by atoms with Crippen LogP contribution in [0.15, 0.2) is 35.8 Å². The number of amides is 3. The molecule has 0 aliphatic carbocycles. The molecule has 6 nitrogen and oxygen atoms in total. The summed E-state index contributed by atoms with van der Waals surface area (Å²) in [5, 5.41) is 10.2. The number of halogens is 1. The van der Waals surface area contributed by atoms with Gasteiger partial charge in [-0.15, -0.1) is 11.3 Å². The fourth-order valence-corrected chi connectivity index (χ4v) is 2.56. The Morgan fingerprint density at radius 1 is 1.29 bits per heavy atom. The molecule has 0 bridgehead atoms. The van der Waals surface area contributed by atoms with Crippen molar-refractivity contribution in [3.05, 3.63) is 47.2 Å². The molecule has 1 heterocycles. The lowest BCUT2D eigenvalue weighted by Gasteiger charge is -2.17. The molecule has 1 unspecified atom stereocenters. The molecule has 1 aromatic carbocycles. The van der Waals surface area contributed by atoms with Crippen molar-refractivity contribution in [3.8, 4) is 0 Å². The third-order valence-corrected chi connectivity index (χ3v) is 3.92. The monoisotopic (exact) mass is 350 g/mol. The summed E-state index contributed by atoms with van der Waals surface area (Å²) in [4.78, 5) is 28.2. The van der Waals surface area contributed by atoms with Crippen molar-refractivity contribution in [2.45, 2.75) is 32.4 Å². The first-order valence-electron chi connectivity index (χ1n) is 7.57. The summed E-state index contributed by atoms with van der Waals surface area (Å²) in [5.41, 5.74) is 0.769. The minimum atomic E-state index is -0.646. The van der Waals surface area contributed by atoms with Gasteiger partial charge in [-0.1, -0.05) is 25.5 Å². The first kappa shape index (κ1) is 17.9. The van der Waals surface area contributed by atoms with Gasteiger partial charge in [0.05, 0.1) is 0 Å². The van der Waals surface area contributed by atoms with Crippen LogP contribution in [0.3, 0.4) is 0 Å². The van der Waals surface area contributed by atoms with Crippen molar-refractivity contribution in [2.75, 3.05) is 5.32 Å². The van der Waals surface area contributed by atoms with E-state index in [-0.39, 0.29) is 18.3 Å². The number of urea groups is 1. The number of thiazole rings is 1. The van der Waals surface area contributed by atoms with Crippen molar-refractivity contribution in [3.63, 3.8) is 0 Å². The molecule has 0 saturated carbocycles. The Kier molecular flexibility index (Phi) is 6.68. The van der Waals surface area contributed by atoms with E-state index >= 15 is 0 Å². The van der Waals surface area contributed by atoms with Gasteiger partial charge in [0.1, 0.15) is 11.9 Å². The van der Waals surface area contributed by atoms with Gasteiger partial charge in [-0.05, 0) is 24.1 Å². The highest BCUT2D eigenvalue weighted by Gasteiger charge is 2.20. The summed E-state index contributed by atoms with van der Waals surface area (Å²) in [6, 6.07) is 4.74. The number of anilines is 1. The van der Waals surface area contributed by atoms with Gasteiger partial charge in [0.25, 0.3) is 0 Å². The van der Waals surface area contributed by atoms with E-state index in [1.165, 1.54) is 23.5 Å². The maximum atomic E-state index is 12.8. The summed E-state index contributed by atoms with van der Waals surface area (Å²) >= 11 is 1.31. The third-order valence-electron chi connectivity index (χ3n) is 3.23. The molecule has 3 N–H and O–H groups in total. The van der Waals surface area contributed by atoms with Crippen molar-refractivity contribution in [1.29, 1.82) is 0 Å². The Hall–Kier alpha value is -2.48. The summed E-state index contributed by atoms with van der Waals surface area (Å²) in [6.07, 6.45) is 2.85. The standard InChI is InChI=1S/C16H19FN4O2S/c1-2-3-13(14(22)21-16-18-8-9-24-16)20-15(23)19-10-11-4-6-12(17)7-5-11/h4-9,13H,2-3,10H2,1H3,(H,18,21,22)(H2,19,20,23). The van der Waals surface area contributed by atoms with Gasteiger partial charge in [-0.2, -0.15) is 0 Å². The smallest absolute Gasteiger partial charge is 0.315 e. The van der Waals surface area contributed by atoms with E-state index in [0.717, 1.165) is 12.0 Å². The number of hydrogen-bond donors (Lipinski definition) is 3. The van der Waals surface area contributed by atoms with E-state index in [0.29, 0.717) is 11.6 Å². The van der Waals surface area contributed by atoms with Crippen molar-refractivity contribution < 1.29 is 14.0 Å². The maximum absolute atomic E-state index is 12.8. The van der Waals surface area contributed by atoms with E-state index in [4.69, 9.17) is 0 Å². The van der Waals surface area contributed by atoms with Crippen LogP contribution in [0.25, 0.3) is 0 Å². The zero-order valence-electron chi connectivity index (χ0n) is 13.2. The van der Waals surface area contributed by atoms with E-state index in [9.17, 15) is 14.0 Å². The van der Waals surface area contributed by atoms with Crippen molar-refractivity contribution in [2.24, 2.45) is 0 Å². The zero-order valence-corrected chi connectivity index (χ0v) is 14.0. The minimum Gasteiger partial charge on any atom is -0.334 e. The second-order valence-corrected chi connectivity index (χ2v) is 6.02. The average Bonchev–Trinajstić information content (AvgIpc) is 3.07. The SMILES string of the molecule is CCCC(NC(=O)NCc1ccc(F)cc1)C(=O)Nc1nccs1. The van der Waals surface area contributed by atoms with E-state index in [1.807, 2.05) is 6.92 Å². The zero-order chi connectivity index (χ0) is 17.4. The highest BCUT2D eigenvalue weighted by molar-refractivity contribution is 7.13. The molecule has 8 heteroatoms. The molecule has 0 aliphatic rings. The highest BCUT2D eigenvalue weighted by Crippen LogP contribution is 2.11. The van der Waals surface area contributed by atoms with Crippen LogP contribution < -0.4 is 16.0 Å². The van der Waals surface area contributed by atoms with Crippen LogP contribution >= 0.6 is 11.3 Å². The molecular formula is C16H19FN4O2S. The van der Waals surface area contributed by atoms with Crippen LogP contribution in [0.1, 0.15) is 25.3 Å². The van der Waals surface area contributed by atoms with E-state index in [1.54, 1.807) is 23.7 Å².